The zero-order chi connectivity index (χ0) is 24.7. The molecular formula is C26H30N4O3S. The number of benzene rings is 1. The van der Waals surface area contributed by atoms with E-state index in [2.05, 4.69) is 37.5 Å². The summed E-state index contributed by atoms with van der Waals surface area (Å²) in [7, 11) is 0. The SMILES string of the molecule is CC(C)(C)c1ccc([C@]2(C)NC(=O)N(CC(=O)Nc3sc4c(c3C#N)CCCCC4)C2=O)cc1. The molecule has 8 heteroatoms. The minimum absolute atomic E-state index is 0.0328. The van der Waals surface area contributed by atoms with Crippen LogP contribution in [0.3, 0.4) is 0 Å². The van der Waals surface area contributed by atoms with E-state index in [0.717, 1.165) is 53.0 Å². The Kier molecular flexibility index (Phi) is 6.26. The lowest BCUT2D eigenvalue weighted by Crippen LogP contribution is -2.42. The summed E-state index contributed by atoms with van der Waals surface area (Å²) in [5.41, 5.74) is 2.05. The van der Waals surface area contributed by atoms with Gasteiger partial charge in [0.2, 0.25) is 5.91 Å². The lowest BCUT2D eigenvalue weighted by atomic mass is 9.84. The number of nitrogens with one attached hydrogen (secondary N) is 2. The zero-order valence-corrected chi connectivity index (χ0v) is 20.9. The number of imide groups is 1. The molecule has 1 aromatic heterocycles. The van der Waals surface area contributed by atoms with Crippen LogP contribution in [0.2, 0.25) is 0 Å². The summed E-state index contributed by atoms with van der Waals surface area (Å²) >= 11 is 1.43. The molecule has 34 heavy (non-hydrogen) atoms. The summed E-state index contributed by atoms with van der Waals surface area (Å²) in [5.74, 6) is -0.970. The van der Waals surface area contributed by atoms with Crippen molar-refractivity contribution in [1.29, 1.82) is 5.26 Å². The van der Waals surface area contributed by atoms with E-state index in [1.54, 1.807) is 6.92 Å². The van der Waals surface area contributed by atoms with E-state index >= 15 is 0 Å². The Hall–Kier alpha value is -3.18. The monoisotopic (exact) mass is 478 g/mol. The van der Waals surface area contributed by atoms with Crippen LogP contribution in [0.5, 0.6) is 0 Å². The van der Waals surface area contributed by atoms with Crippen LogP contribution in [-0.4, -0.2) is 29.3 Å². The summed E-state index contributed by atoms with van der Waals surface area (Å²) in [4.78, 5) is 40.8. The Morgan fingerprint density at radius 1 is 1.18 bits per heavy atom. The number of thiophene rings is 1. The third-order valence-electron chi connectivity index (χ3n) is 6.69. The lowest BCUT2D eigenvalue weighted by Gasteiger charge is -2.24. The average molecular weight is 479 g/mol. The number of anilines is 1. The molecule has 2 heterocycles. The van der Waals surface area contributed by atoms with Gasteiger partial charge < -0.3 is 10.6 Å². The quantitative estimate of drug-likeness (QED) is 0.495. The van der Waals surface area contributed by atoms with Crippen LogP contribution < -0.4 is 10.6 Å². The molecule has 1 saturated heterocycles. The van der Waals surface area contributed by atoms with Crippen molar-refractivity contribution in [3.63, 3.8) is 0 Å². The molecule has 1 atom stereocenters. The number of hydrogen-bond donors (Lipinski definition) is 2. The maximum absolute atomic E-state index is 13.2. The highest BCUT2D eigenvalue weighted by Gasteiger charge is 2.49. The minimum atomic E-state index is -1.24. The Labute approximate surface area is 204 Å². The van der Waals surface area contributed by atoms with Gasteiger partial charge in [-0.15, -0.1) is 11.3 Å². The van der Waals surface area contributed by atoms with E-state index < -0.39 is 29.9 Å². The van der Waals surface area contributed by atoms with Gasteiger partial charge >= 0.3 is 6.03 Å². The van der Waals surface area contributed by atoms with Gasteiger partial charge in [-0.1, -0.05) is 51.5 Å². The molecule has 0 bridgehead atoms. The third-order valence-corrected chi connectivity index (χ3v) is 7.90. The van der Waals surface area contributed by atoms with Crippen LogP contribution in [0.15, 0.2) is 24.3 Å². The molecule has 1 fully saturated rings. The van der Waals surface area contributed by atoms with Crippen molar-refractivity contribution in [2.75, 3.05) is 11.9 Å². The molecule has 2 aromatic rings. The van der Waals surface area contributed by atoms with Gasteiger partial charge in [0.15, 0.2) is 0 Å². The summed E-state index contributed by atoms with van der Waals surface area (Å²) < 4.78 is 0. The van der Waals surface area contributed by atoms with E-state index in [9.17, 15) is 19.6 Å². The molecule has 0 radical (unpaired) electrons. The van der Waals surface area contributed by atoms with Gasteiger partial charge in [0, 0.05) is 4.88 Å². The van der Waals surface area contributed by atoms with Gasteiger partial charge in [0.1, 0.15) is 23.2 Å². The maximum atomic E-state index is 13.2. The number of hydrogen-bond acceptors (Lipinski definition) is 5. The highest BCUT2D eigenvalue weighted by Crippen LogP contribution is 2.37. The zero-order valence-electron chi connectivity index (χ0n) is 20.1. The first-order valence-corrected chi connectivity index (χ1v) is 12.5. The molecular weight excluding hydrogens is 448 g/mol. The maximum Gasteiger partial charge on any atom is 0.325 e. The van der Waals surface area contributed by atoms with Gasteiger partial charge in [-0.05, 0) is 54.7 Å². The summed E-state index contributed by atoms with van der Waals surface area (Å²) in [6, 6.07) is 9.24. The lowest BCUT2D eigenvalue weighted by molar-refractivity contribution is -0.133. The molecule has 1 aromatic carbocycles. The van der Waals surface area contributed by atoms with Gasteiger partial charge in [0.05, 0.1) is 5.56 Å². The predicted octanol–water partition coefficient (Wildman–Crippen LogP) is 4.59. The van der Waals surface area contributed by atoms with Crippen LogP contribution in [0.4, 0.5) is 9.80 Å². The predicted molar refractivity (Wildman–Crippen MR) is 132 cm³/mol. The third kappa shape index (κ3) is 4.32. The normalized spacial score (nSPS) is 20.4. The fraction of sp³-hybridized carbons (Fsp3) is 0.462. The molecule has 4 amide bonds. The minimum Gasteiger partial charge on any atom is -0.319 e. The largest absolute Gasteiger partial charge is 0.325 e. The van der Waals surface area contributed by atoms with E-state index in [1.807, 2.05) is 24.3 Å². The first-order chi connectivity index (χ1) is 16.0. The van der Waals surface area contributed by atoms with Crippen molar-refractivity contribution in [1.82, 2.24) is 10.2 Å². The standard InChI is InChI=1S/C26H30N4O3S/c1-25(2,3)16-10-12-17(13-11-16)26(4)23(32)30(24(33)29-26)15-21(31)28-22-19(14-27)18-8-6-5-7-9-20(18)34-22/h10-13H,5-9,15H2,1-4H3,(H,28,31)(H,29,33)/t26-/m0/s1. The average Bonchev–Trinajstić information content (AvgIpc) is 3.08. The Morgan fingerprint density at radius 2 is 1.85 bits per heavy atom. The molecule has 0 unspecified atom stereocenters. The van der Waals surface area contributed by atoms with Crippen molar-refractivity contribution in [2.45, 2.75) is 70.8 Å². The number of nitriles is 1. The molecule has 0 saturated carbocycles. The summed E-state index contributed by atoms with van der Waals surface area (Å²) in [5, 5.41) is 15.7. The van der Waals surface area contributed by atoms with Crippen LogP contribution in [0.25, 0.3) is 0 Å². The highest BCUT2D eigenvalue weighted by molar-refractivity contribution is 7.16. The number of carbonyl (C=O) groups is 3. The Balaban J connectivity index is 1.50. The first kappa shape index (κ1) is 24.0. The molecule has 1 aliphatic carbocycles. The second kappa shape index (κ2) is 8.88. The van der Waals surface area contributed by atoms with Crippen molar-refractivity contribution in [3.05, 3.63) is 51.4 Å². The Morgan fingerprint density at radius 3 is 2.50 bits per heavy atom. The van der Waals surface area contributed by atoms with Crippen LogP contribution >= 0.6 is 11.3 Å². The molecule has 4 rings (SSSR count). The Bertz CT molecular complexity index is 1190. The second-order valence-corrected chi connectivity index (χ2v) is 11.3. The number of nitrogens with zero attached hydrogens (tertiary/aromatic N) is 2. The van der Waals surface area contributed by atoms with Gasteiger partial charge in [-0.2, -0.15) is 5.26 Å². The molecule has 178 valence electrons. The fourth-order valence-corrected chi connectivity index (χ4v) is 5.85. The number of amides is 4. The van der Waals surface area contributed by atoms with Gasteiger partial charge in [-0.3, -0.25) is 14.5 Å². The van der Waals surface area contributed by atoms with Crippen molar-refractivity contribution in [2.24, 2.45) is 0 Å². The first-order valence-electron chi connectivity index (χ1n) is 11.6. The number of rotatable bonds is 4. The van der Waals surface area contributed by atoms with Crippen molar-refractivity contribution in [3.8, 4) is 6.07 Å². The molecule has 2 N–H and O–H groups in total. The molecule has 1 aliphatic heterocycles. The van der Waals surface area contributed by atoms with Crippen LogP contribution in [0.1, 0.15) is 74.1 Å². The van der Waals surface area contributed by atoms with E-state index in [-0.39, 0.29) is 5.41 Å². The van der Waals surface area contributed by atoms with Crippen molar-refractivity contribution < 1.29 is 14.4 Å². The molecule has 2 aliphatic rings. The van der Waals surface area contributed by atoms with E-state index in [1.165, 1.54) is 11.3 Å². The van der Waals surface area contributed by atoms with Crippen LogP contribution in [-0.2, 0) is 33.4 Å². The molecule has 0 spiro atoms. The van der Waals surface area contributed by atoms with E-state index in [4.69, 9.17) is 0 Å². The van der Waals surface area contributed by atoms with E-state index in [0.29, 0.717) is 16.1 Å². The summed E-state index contributed by atoms with van der Waals surface area (Å²) in [6.45, 7) is 7.57. The number of carbonyl (C=O) groups excluding carboxylic acids is 3. The smallest absolute Gasteiger partial charge is 0.319 e. The molecule has 7 nitrogen and oxygen atoms in total. The van der Waals surface area contributed by atoms with Gasteiger partial charge in [-0.25, -0.2) is 4.79 Å². The van der Waals surface area contributed by atoms with Crippen LogP contribution in [0, 0.1) is 11.3 Å². The second-order valence-electron chi connectivity index (χ2n) is 10.2. The summed E-state index contributed by atoms with van der Waals surface area (Å²) in [6.07, 6.45) is 4.98. The van der Waals surface area contributed by atoms with Gasteiger partial charge in [0.25, 0.3) is 5.91 Å². The fourth-order valence-electron chi connectivity index (χ4n) is 4.60. The number of aryl methyl sites for hydroxylation is 1. The van der Waals surface area contributed by atoms with Crippen molar-refractivity contribution >= 4 is 34.2 Å². The highest BCUT2D eigenvalue weighted by atomic mass is 32.1. The number of fused-ring (bicyclic) bond motifs is 1. The topological polar surface area (TPSA) is 102 Å². The number of urea groups is 1.